The molecule has 15 heavy (non-hydrogen) atoms. The summed E-state index contributed by atoms with van der Waals surface area (Å²) in [4.78, 5) is 11.7. The predicted octanol–water partition coefficient (Wildman–Crippen LogP) is 2.12. The van der Waals surface area contributed by atoms with Crippen LogP contribution in [0.4, 0.5) is 0 Å². The molecule has 0 fully saturated rings. The number of hydrogen-bond donors (Lipinski definition) is 0. The van der Waals surface area contributed by atoms with Crippen LogP contribution in [0.5, 0.6) is 0 Å². The Bertz CT molecular complexity index is 621. The number of rotatable bonds is 1. The third-order valence-electron chi connectivity index (χ3n) is 2.03. The number of methoxy groups -OCH3 is 1. The van der Waals surface area contributed by atoms with Gasteiger partial charge < -0.3 is 4.74 Å². The van der Waals surface area contributed by atoms with Crippen molar-refractivity contribution in [3.63, 3.8) is 0 Å². The molecule has 1 aromatic heterocycles. The van der Waals surface area contributed by atoms with Gasteiger partial charge >= 0.3 is 5.97 Å². The number of carbonyl (C=O) groups is 1. The van der Waals surface area contributed by atoms with Gasteiger partial charge in [-0.25, -0.2) is 4.79 Å². The maximum Gasteiger partial charge on any atom is 0.339 e. The van der Waals surface area contributed by atoms with Gasteiger partial charge in [0, 0.05) is 27.1 Å². The number of carbonyl (C=O) groups excluding carboxylic acids is 1. The highest BCUT2D eigenvalue weighted by Crippen LogP contribution is 2.26. The first-order valence-electron chi connectivity index (χ1n) is 5.61. The van der Waals surface area contributed by atoms with Crippen LogP contribution in [0, 0.1) is 0 Å². The molecule has 0 saturated carbocycles. The highest BCUT2D eigenvalue weighted by atomic mass is 79.9. The Labute approximate surface area is 99.2 Å². The van der Waals surface area contributed by atoms with E-state index in [1.165, 1.54) is 13.3 Å². The van der Waals surface area contributed by atoms with Crippen LogP contribution in [-0.2, 0) is 11.7 Å². The number of fused-ring (bicyclic) bond motifs is 1. The van der Waals surface area contributed by atoms with Crippen LogP contribution in [0.2, 0.25) is 0 Å². The van der Waals surface area contributed by atoms with Crippen molar-refractivity contribution in [1.29, 1.82) is 0 Å². The molecular formula is C10H9BrN2O2. The summed E-state index contributed by atoms with van der Waals surface area (Å²) in [5.74, 6) is -0.544. The molecule has 0 atom stereocenters. The van der Waals surface area contributed by atoms with Crippen LogP contribution in [0.15, 0.2) is 22.8 Å². The van der Waals surface area contributed by atoms with Crippen molar-refractivity contribution < 1.29 is 13.6 Å². The molecule has 0 saturated heterocycles. The van der Waals surface area contributed by atoms with Gasteiger partial charge in [0.2, 0.25) is 0 Å². The molecule has 5 heteroatoms. The Balaban J connectivity index is 2.73. The third kappa shape index (κ3) is 1.63. The second kappa shape index (κ2) is 3.66. The van der Waals surface area contributed by atoms with Gasteiger partial charge in [0.15, 0.2) is 0 Å². The molecule has 1 aromatic carbocycles. The lowest BCUT2D eigenvalue weighted by Crippen LogP contribution is -2.02. The smallest absolute Gasteiger partial charge is 0.339 e. The van der Waals surface area contributed by atoms with E-state index in [1.54, 1.807) is 12.1 Å². The molecule has 0 aliphatic carbocycles. The molecule has 0 aliphatic heterocycles. The van der Waals surface area contributed by atoms with Crippen molar-refractivity contribution in [2.75, 3.05) is 7.11 Å². The summed E-state index contributed by atoms with van der Waals surface area (Å²) >= 11 is 3.24. The Morgan fingerprint density at radius 2 is 2.47 bits per heavy atom. The number of aromatic nitrogens is 2. The minimum absolute atomic E-state index is 0.269. The number of nitrogens with zero attached hydrogens (tertiary/aromatic N) is 2. The van der Waals surface area contributed by atoms with Gasteiger partial charge in [-0.3, -0.25) is 4.68 Å². The van der Waals surface area contributed by atoms with Gasteiger partial charge in [0.25, 0.3) is 0 Å². The average molecular weight is 272 g/mol. The van der Waals surface area contributed by atoms with Gasteiger partial charge in [-0.05, 0) is 28.1 Å². The largest absolute Gasteiger partial charge is 0.465 e. The zero-order chi connectivity index (χ0) is 13.5. The molecular weight excluding hydrogens is 260 g/mol. The number of benzene rings is 1. The monoisotopic (exact) mass is 271 g/mol. The average Bonchev–Trinajstić information content (AvgIpc) is 2.71. The van der Waals surface area contributed by atoms with Crippen molar-refractivity contribution in [2.45, 2.75) is 0 Å². The van der Waals surface area contributed by atoms with E-state index >= 15 is 0 Å². The van der Waals surface area contributed by atoms with E-state index in [4.69, 9.17) is 4.11 Å². The standard InChI is InChI=1S/C10H9BrN2O2/c1-13-5-6-8(12-13)4-3-7(11)9(6)10(14)15-2/h3-5H,1-2H3/i1D3. The van der Waals surface area contributed by atoms with Crippen molar-refractivity contribution in [2.24, 2.45) is 6.98 Å². The molecule has 78 valence electrons. The number of hydrogen-bond acceptors (Lipinski definition) is 3. The van der Waals surface area contributed by atoms with Crippen LogP contribution in [-0.4, -0.2) is 22.9 Å². The van der Waals surface area contributed by atoms with E-state index in [2.05, 4.69) is 25.8 Å². The van der Waals surface area contributed by atoms with Gasteiger partial charge in [0.05, 0.1) is 18.2 Å². The minimum Gasteiger partial charge on any atom is -0.465 e. The number of aryl methyl sites for hydroxylation is 1. The van der Waals surface area contributed by atoms with Crippen LogP contribution in [0.3, 0.4) is 0 Å². The lowest BCUT2D eigenvalue weighted by atomic mass is 10.1. The Morgan fingerprint density at radius 1 is 1.67 bits per heavy atom. The molecule has 2 rings (SSSR count). The van der Waals surface area contributed by atoms with Crippen LogP contribution >= 0.6 is 15.9 Å². The first-order valence-corrected chi connectivity index (χ1v) is 4.90. The number of ether oxygens (including phenoxy) is 1. The second-order valence-corrected chi connectivity index (χ2v) is 3.77. The zero-order valence-corrected chi connectivity index (χ0v) is 9.41. The van der Waals surface area contributed by atoms with Crippen LogP contribution < -0.4 is 0 Å². The van der Waals surface area contributed by atoms with Gasteiger partial charge in [-0.15, -0.1) is 0 Å². The second-order valence-electron chi connectivity index (χ2n) is 2.92. The molecule has 0 radical (unpaired) electrons. The normalized spacial score (nSPS) is 14.4. The first-order chi connectivity index (χ1) is 8.34. The molecule has 0 spiro atoms. The van der Waals surface area contributed by atoms with E-state index in [1.807, 2.05) is 0 Å². The van der Waals surface area contributed by atoms with E-state index < -0.39 is 12.9 Å². The summed E-state index contributed by atoms with van der Waals surface area (Å²) in [6.07, 6.45) is 1.32. The minimum atomic E-state index is -2.38. The van der Waals surface area contributed by atoms with E-state index in [-0.39, 0.29) is 5.56 Å². The molecule has 0 unspecified atom stereocenters. The van der Waals surface area contributed by atoms with Gasteiger partial charge in [-0.2, -0.15) is 5.10 Å². The lowest BCUT2D eigenvalue weighted by Gasteiger charge is -2.02. The Morgan fingerprint density at radius 3 is 3.13 bits per heavy atom. The van der Waals surface area contributed by atoms with Crippen LogP contribution in [0.25, 0.3) is 10.9 Å². The van der Waals surface area contributed by atoms with Crippen LogP contribution in [0.1, 0.15) is 14.5 Å². The first kappa shape index (κ1) is 7.00. The molecule has 0 amide bonds. The fourth-order valence-electron chi connectivity index (χ4n) is 1.38. The summed E-state index contributed by atoms with van der Waals surface area (Å²) in [6, 6.07) is 3.26. The molecule has 0 bridgehead atoms. The van der Waals surface area contributed by atoms with Crippen molar-refractivity contribution in [3.8, 4) is 0 Å². The van der Waals surface area contributed by atoms with Crippen molar-refractivity contribution in [1.82, 2.24) is 9.78 Å². The summed E-state index contributed by atoms with van der Waals surface area (Å²) in [5.41, 5.74) is 0.695. The summed E-state index contributed by atoms with van der Waals surface area (Å²) in [6.45, 7) is -2.38. The maximum atomic E-state index is 11.7. The predicted molar refractivity (Wildman–Crippen MR) is 59.8 cm³/mol. The highest BCUT2D eigenvalue weighted by Gasteiger charge is 2.16. The topological polar surface area (TPSA) is 44.1 Å². The van der Waals surface area contributed by atoms with E-state index in [0.717, 1.165) is 4.68 Å². The summed E-state index contributed by atoms with van der Waals surface area (Å²) in [7, 11) is 1.27. The summed E-state index contributed by atoms with van der Waals surface area (Å²) < 4.78 is 27.9. The van der Waals surface area contributed by atoms with Crippen molar-refractivity contribution >= 4 is 32.8 Å². The molecule has 1 heterocycles. The third-order valence-corrected chi connectivity index (χ3v) is 2.69. The number of halogens is 1. The zero-order valence-electron chi connectivity index (χ0n) is 10.8. The number of esters is 1. The summed E-state index contributed by atoms with van der Waals surface area (Å²) in [5, 5.41) is 4.37. The molecule has 4 nitrogen and oxygen atoms in total. The maximum absolute atomic E-state index is 11.7. The SMILES string of the molecule is [2H]C([2H])([2H])n1cc2c(C(=O)OC)c(Br)ccc2n1. The fourth-order valence-corrected chi connectivity index (χ4v) is 1.88. The molecule has 0 aliphatic rings. The quantitative estimate of drug-likeness (QED) is 0.747. The molecule has 2 aromatic rings. The van der Waals surface area contributed by atoms with E-state index in [0.29, 0.717) is 15.4 Å². The molecule has 0 N–H and O–H groups in total. The van der Waals surface area contributed by atoms with Crippen molar-refractivity contribution in [3.05, 3.63) is 28.4 Å². The van der Waals surface area contributed by atoms with Gasteiger partial charge in [0.1, 0.15) is 0 Å². The van der Waals surface area contributed by atoms with Gasteiger partial charge in [-0.1, -0.05) is 0 Å². The highest BCUT2D eigenvalue weighted by molar-refractivity contribution is 9.10. The van der Waals surface area contributed by atoms with E-state index in [9.17, 15) is 4.79 Å². The lowest BCUT2D eigenvalue weighted by molar-refractivity contribution is 0.0602. The fraction of sp³-hybridized carbons (Fsp3) is 0.200. The Hall–Kier alpha value is -1.36. The Kier molecular flexibility index (Phi) is 1.71.